The molecule has 0 radical (unpaired) electrons. The Morgan fingerprint density at radius 2 is 0.918 bits per heavy atom. The van der Waals surface area contributed by atoms with Gasteiger partial charge in [-0.05, 0) is 58.6 Å². The molecule has 7 aromatic carbocycles. The predicted octanol–water partition coefficient (Wildman–Crippen LogP) is 11.3. The van der Waals surface area contributed by atoms with Crippen molar-refractivity contribution in [1.82, 2.24) is 19.5 Å². The zero-order chi connectivity index (χ0) is 40.4. The molecular weight excluding hydrogens is 597 g/mol. The second kappa shape index (κ2) is 12.2. The Kier molecular flexibility index (Phi) is 5.11. The first-order valence-corrected chi connectivity index (χ1v) is 15.7. The summed E-state index contributed by atoms with van der Waals surface area (Å²) >= 11 is 0. The van der Waals surface area contributed by atoms with Crippen molar-refractivity contribution in [1.29, 1.82) is 0 Å². The number of benzene rings is 7. The van der Waals surface area contributed by atoms with E-state index in [1.807, 2.05) is 109 Å². The molecule has 0 unspecified atom stereocenters. The lowest BCUT2D eigenvalue weighted by molar-refractivity contribution is 1.07. The average Bonchev–Trinajstić information content (AvgIpc) is 3.61. The summed E-state index contributed by atoms with van der Waals surface area (Å²) < 4.78 is 78.6. The summed E-state index contributed by atoms with van der Waals surface area (Å²) in [4.78, 5) is 14.6. The normalized spacial score (nSPS) is 13.8. The van der Waals surface area contributed by atoms with Gasteiger partial charge < -0.3 is 4.57 Å². The minimum absolute atomic E-state index is 0.00136. The summed E-state index contributed by atoms with van der Waals surface area (Å²) in [6.07, 6.45) is 0. The molecule has 9 aromatic rings. The molecule has 4 nitrogen and oxygen atoms in total. The lowest BCUT2D eigenvalue weighted by Crippen LogP contribution is -2.00. The van der Waals surface area contributed by atoms with Crippen molar-refractivity contribution in [2.24, 2.45) is 0 Å². The smallest absolute Gasteiger partial charge is 0.164 e. The van der Waals surface area contributed by atoms with Gasteiger partial charge in [0.05, 0.1) is 23.4 Å². The Morgan fingerprint density at radius 1 is 0.367 bits per heavy atom. The fraction of sp³-hybridized carbons (Fsp3) is 0. The van der Waals surface area contributed by atoms with Gasteiger partial charge in [0.25, 0.3) is 0 Å². The summed E-state index contributed by atoms with van der Waals surface area (Å²) in [7, 11) is 0. The van der Waals surface area contributed by atoms with Gasteiger partial charge >= 0.3 is 0 Å². The highest BCUT2D eigenvalue weighted by Gasteiger charge is 2.15. The van der Waals surface area contributed by atoms with E-state index in [0.717, 1.165) is 27.8 Å². The molecule has 0 fully saturated rings. The molecule has 49 heavy (non-hydrogen) atoms. The van der Waals surface area contributed by atoms with Gasteiger partial charge in [0.1, 0.15) is 0 Å². The van der Waals surface area contributed by atoms with Gasteiger partial charge in [-0.3, -0.25) is 0 Å². The summed E-state index contributed by atoms with van der Waals surface area (Å²) in [6.45, 7) is 0. The van der Waals surface area contributed by atoms with E-state index >= 15 is 0 Å². The van der Waals surface area contributed by atoms with E-state index in [2.05, 4.69) is 0 Å². The Balaban J connectivity index is 1.21. The van der Waals surface area contributed by atoms with Gasteiger partial charge in [0, 0.05) is 33.2 Å². The molecule has 0 saturated carbocycles. The first-order chi connectivity index (χ1) is 28.0. The number of aromatic nitrogens is 4. The fourth-order valence-corrected chi connectivity index (χ4v) is 6.14. The lowest BCUT2D eigenvalue weighted by Gasteiger charge is -2.12. The standard InChI is InChI=1S/C45H30N4/c1-4-14-31(15-5-1)36-26-27-42-40(30-36)39-24-10-11-25-41(39)49(42)38-23-13-21-35(29-38)34-20-12-22-37(28-34)45-47-43(32-16-6-2-7-17-32)46-44(48-45)33-18-8-3-9-19-33/h1-30H/i1D,4D,5D,10D,11D,14D,15D,24D,25D. The molecule has 0 amide bonds. The topological polar surface area (TPSA) is 43.6 Å². The third-order valence-corrected chi connectivity index (χ3v) is 8.44. The highest BCUT2D eigenvalue weighted by atomic mass is 15.0. The molecule has 9 rings (SSSR count). The molecule has 2 heterocycles. The van der Waals surface area contributed by atoms with E-state index < -0.39 is 30.2 Å². The van der Waals surface area contributed by atoms with Crippen LogP contribution in [0.3, 0.4) is 0 Å². The Morgan fingerprint density at radius 3 is 1.63 bits per heavy atom. The summed E-state index contributed by atoms with van der Waals surface area (Å²) in [5.74, 6) is 1.59. The van der Waals surface area contributed by atoms with Crippen LogP contribution in [0.1, 0.15) is 12.3 Å². The summed E-state index contributed by atoms with van der Waals surface area (Å²) in [5.41, 5.74) is 5.92. The van der Waals surface area contributed by atoms with Crippen molar-refractivity contribution in [2.75, 3.05) is 0 Å². The van der Waals surface area contributed by atoms with Gasteiger partial charge in [-0.25, -0.2) is 15.0 Å². The molecule has 230 valence electrons. The largest absolute Gasteiger partial charge is 0.309 e. The third-order valence-electron chi connectivity index (χ3n) is 8.44. The van der Waals surface area contributed by atoms with Gasteiger partial charge in [-0.15, -0.1) is 0 Å². The fourth-order valence-electron chi connectivity index (χ4n) is 6.14. The van der Waals surface area contributed by atoms with Crippen LogP contribution in [0.2, 0.25) is 0 Å². The Bertz CT molecular complexity index is 3030. The van der Waals surface area contributed by atoms with E-state index in [1.54, 1.807) is 22.8 Å². The van der Waals surface area contributed by atoms with Crippen molar-refractivity contribution >= 4 is 21.8 Å². The van der Waals surface area contributed by atoms with Crippen LogP contribution in [0.5, 0.6) is 0 Å². The minimum atomic E-state index is -0.502. The quantitative estimate of drug-likeness (QED) is 0.183. The highest BCUT2D eigenvalue weighted by molar-refractivity contribution is 6.10. The number of hydrogen-bond acceptors (Lipinski definition) is 3. The Hall–Kier alpha value is -6.65. The molecule has 0 saturated heterocycles. The molecule has 4 heteroatoms. The molecular formula is C45H30N4. The maximum atomic E-state index is 9.05. The van der Waals surface area contributed by atoms with Crippen molar-refractivity contribution in [2.45, 2.75) is 0 Å². The zero-order valence-corrected chi connectivity index (χ0v) is 25.9. The van der Waals surface area contributed by atoms with Crippen molar-refractivity contribution in [3.63, 3.8) is 0 Å². The highest BCUT2D eigenvalue weighted by Crippen LogP contribution is 2.36. The maximum Gasteiger partial charge on any atom is 0.164 e. The number of rotatable bonds is 6. The predicted molar refractivity (Wildman–Crippen MR) is 201 cm³/mol. The van der Waals surface area contributed by atoms with Crippen molar-refractivity contribution in [3.05, 3.63) is 182 Å². The molecule has 0 aliphatic carbocycles. The summed E-state index contributed by atoms with van der Waals surface area (Å²) in [5, 5.41) is 0.692. The van der Waals surface area contributed by atoms with E-state index in [9.17, 15) is 0 Å². The van der Waals surface area contributed by atoms with E-state index in [4.69, 9.17) is 27.3 Å². The first-order valence-electron chi connectivity index (χ1n) is 20.2. The zero-order valence-electron chi connectivity index (χ0n) is 34.9. The van der Waals surface area contributed by atoms with Gasteiger partial charge in [-0.1, -0.05) is 145 Å². The molecule has 0 N–H and O–H groups in total. The molecule has 2 aromatic heterocycles. The first kappa shape index (κ1) is 20.6. The third kappa shape index (κ3) is 5.35. The number of para-hydroxylation sites is 1. The van der Waals surface area contributed by atoms with Gasteiger partial charge in [0.2, 0.25) is 0 Å². The molecule has 0 aliphatic heterocycles. The van der Waals surface area contributed by atoms with Crippen LogP contribution in [-0.2, 0) is 0 Å². The van der Waals surface area contributed by atoms with Gasteiger partial charge in [0.15, 0.2) is 17.5 Å². The van der Waals surface area contributed by atoms with Gasteiger partial charge in [-0.2, -0.15) is 0 Å². The van der Waals surface area contributed by atoms with E-state index in [1.165, 1.54) is 0 Å². The van der Waals surface area contributed by atoms with Crippen LogP contribution in [0.15, 0.2) is 182 Å². The molecule has 0 bridgehead atoms. The van der Waals surface area contributed by atoms with Crippen LogP contribution in [-0.4, -0.2) is 19.5 Å². The van der Waals surface area contributed by atoms with Crippen LogP contribution in [0.4, 0.5) is 0 Å². The van der Waals surface area contributed by atoms with Crippen LogP contribution >= 0.6 is 0 Å². The summed E-state index contributed by atoms with van der Waals surface area (Å²) in [6, 6.07) is 36.6. The SMILES string of the molecule is [2H]c1c([2H])c([2H])c(-c2ccc3c(c2)c2c([2H])c([2H])c([2H])c([2H])c2n3-c2cccc(-c3cccc(-c4nc(-c5ccccc5)nc(-c5ccccc5)n4)c3)c2)c([2H])c1[2H]. The van der Waals surface area contributed by atoms with Crippen molar-refractivity contribution < 1.29 is 12.3 Å². The second-order valence-corrected chi connectivity index (χ2v) is 11.5. The van der Waals surface area contributed by atoms with Crippen LogP contribution < -0.4 is 0 Å². The van der Waals surface area contributed by atoms with Crippen LogP contribution in [0.25, 0.3) is 83.9 Å². The van der Waals surface area contributed by atoms with Crippen molar-refractivity contribution in [3.8, 4) is 62.1 Å². The maximum absolute atomic E-state index is 9.05. The van der Waals surface area contributed by atoms with Crippen LogP contribution in [0, 0.1) is 0 Å². The number of fused-ring (bicyclic) bond motifs is 3. The lowest BCUT2D eigenvalue weighted by atomic mass is 10.0. The Labute approximate surface area is 297 Å². The second-order valence-electron chi connectivity index (χ2n) is 11.5. The minimum Gasteiger partial charge on any atom is -0.309 e. The molecule has 0 aliphatic rings. The molecule has 0 spiro atoms. The van der Waals surface area contributed by atoms with E-state index in [0.29, 0.717) is 39.6 Å². The monoisotopic (exact) mass is 635 g/mol. The number of hydrogen-bond donors (Lipinski definition) is 0. The molecule has 0 atom stereocenters. The number of nitrogens with zero attached hydrogens (tertiary/aromatic N) is 4. The van der Waals surface area contributed by atoms with E-state index in [-0.39, 0.29) is 40.6 Å². The average molecular weight is 636 g/mol.